The molecule has 1 saturated heterocycles. The second kappa shape index (κ2) is 9.36. The number of rotatable bonds is 7. The highest BCUT2D eigenvalue weighted by Crippen LogP contribution is 2.20. The first kappa shape index (κ1) is 19.2. The number of hydrogen-bond donors (Lipinski definition) is 1. The van der Waals surface area contributed by atoms with Crippen molar-refractivity contribution in [2.45, 2.75) is 51.1 Å². The van der Waals surface area contributed by atoms with Crippen molar-refractivity contribution in [1.82, 2.24) is 4.90 Å². The zero-order chi connectivity index (χ0) is 17.5. The number of benzene rings is 1. The minimum absolute atomic E-state index is 0.163. The zero-order valence-electron chi connectivity index (χ0n) is 14.0. The zero-order valence-corrected chi connectivity index (χ0v) is 16.2. The minimum Gasteiger partial charge on any atom is -0.464 e. The molecule has 132 valence electrons. The van der Waals surface area contributed by atoms with Crippen LogP contribution in [0, 0.1) is 3.57 Å². The molecule has 2 atom stereocenters. The standard InChI is InChI=1S/C18H25IN2O3/c1-2-3-11-24-18(23)16-5-4-10-21(16)17(22)15(20)12-13-6-8-14(19)9-7-13/h6-9,15-16H,2-5,10-12,20H2,1H3/t15-,16?/m0/s1. The molecule has 6 heteroatoms. The van der Waals surface area contributed by atoms with E-state index < -0.39 is 12.1 Å². The molecule has 1 aliphatic heterocycles. The van der Waals surface area contributed by atoms with Gasteiger partial charge in [-0.2, -0.15) is 0 Å². The highest BCUT2D eigenvalue weighted by atomic mass is 127. The molecule has 0 spiro atoms. The van der Waals surface area contributed by atoms with E-state index in [4.69, 9.17) is 10.5 Å². The summed E-state index contributed by atoms with van der Waals surface area (Å²) >= 11 is 2.24. The van der Waals surface area contributed by atoms with Crippen molar-refractivity contribution in [1.29, 1.82) is 0 Å². The average Bonchev–Trinajstić information content (AvgIpc) is 3.06. The molecule has 0 saturated carbocycles. The molecule has 2 rings (SSSR count). The molecule has 0 aromatic heterocycles. The van der Waals surface area contributed by atoms with Crippen LogP contribution in [-0.2, 0) is 20.7 Å². The van der Waals surface area contributed by atoms with Crippen molar-refractivity contribution >= 4 is 34.5 Å². The van der Waals surface area contributed by atoms with E-state index in [2.05, 4.69) is 22.6 Å². The van der Waals surface area contributed by atoms with E-state index in [1.165, 1.54) is 0 Å². The number of likely N-dealkylation sites (tertiary alicyclic amines) is 1. The van der Waals surface area contributed by atoms with Crippen LogP contribution >= 0.6 is 22.6 Å². The smallest absolute Gasteiger partial charge is 0.328 e. The van der Waals surface area contributed by atoms with E-state index in [0.717, 1.165) is 28.4 Å². The number of amides is 1. The Bertz CT molecular complexity index is 562. The molecule has 1 fully saturated rings. The summed E-state index contributed by atoms with van der Waals surface area (Å²) in [5.74, 6) is -0.459. The lowest BCUT2D eigenvalue weighted by Crippen LogP contribution is -2.49. The maximum atomic E-state index is 12.7. The number of ether oxygens (including phenoxy) is 1. The van der Waals surface area contributed by atoms with Crippen molar-refractivity contribution in [2.24, 2.45) is 5.73 Å². The van der Waals surface area contributed by atoms with E-state index in [-0.39, 0.29) is 11.9 Å². The molecule has 1 unspecified atom stereocenters. The van der Waals surface area contributed by atoms with Crippen molar-refractivity contribution in [3.63, 3.8) is 0 Å². The van der Waals surface area contributed by atoms with Crippen LogP contribution in [0.3, 0.4) is 0 Å². The van der Waals surface area contributed by atoms with Crippen LogP contribution in [0.2, 0.25) is 0 Å². The Hall–Kier alpha value is -1.15. The first-order valence-corrected chi connectivity index (χ1v) is 9.58. The Kier molecular flexibility index (Phi) is 7.48. The molecule has 5 nitrogen and oxygen atoms in total. The van der Waals surface area contributed by atoms with Gasteiger partial charge in [0.05, 0.1) is 12.6 Å². The largest absolute Gasteiger partial charge is 0.464 e. The number of nitrogens with two attached hydrogens (primary N) is 1. The van der Waals surface area contributed by atoms with Gasteiger partial charge in [0.25, 0.3) is 0 Å². The topological polar surface area (TPSA) is 72.6 Å². The van der Waals surface area contributed by atoms with Crippen molar-refractivity contribution in [3.8, 4) is 0 Å². The van der Waals surface area contributed by atoms with Gasteiger partial charge in [0.1, 0.15) is 6.04 Å². The number of nitrogens with zero attached hydrogens (tertiary/aromatic N) is 1. The minimum atomic E-state index is -0.630. The first-order valence-electron chi connectivity index (χ1n) is 8.50. The third kappa shape index (κ3) is 5.17. The molecule has 1 aliphatic rings. The van der Waals surface area contributed by atoms with Crippen LogP contribution < -0.4 is 5.73 Å². The number of carbonyl (C=O) groups excluding carboxylic acids is 2. The summed E-state index contributed by atoms with van der Waals surface area (Å²) in [7, 11) is 0. The molecule has 1 heterocycles. The lowest BCUT2D eigenvalue weighted by atomic mass is 10.1. The van der Waals surface area contributed by atoms with Gasteiger partial charge in [-0.05, 0) is 66.0 Å². The maximum absolute atomic E-state index is 12.7. The Labute approximate surface area is 157 Å². The second-order valence-corrected chi connectivity index (χ2v) is 7.39. The van der Waals surface area contributed by atoms with Crippen LogP contribution in [0.25, 0.3) is 0 Å². The number of esters is 1. The predicted octanol–water partition coefficient (Wildman–Crippen LogP) is 2.50. The third-order valence-electron chi connectivity index (χ3n) is 4.24. The number of unbranched alkanes of at least 4 members (excludes halogenated alkanes) is 1. The molecular formula is C18H25IN2O3. The summed E-state index contributed by atoms with van der Waals surface area (Å²) < 4.78 is 6.43. The monoisotopic (exact) mass is 444 g/mol. The molecule has 24 heavy (non-hydrogen) atoms. The van der Waals surface area contributed by atoms with E-state index in [0.29, 0.717) is 26.0 Å². The van der Waals surface area contributed by atoms with Gasteiger partial charge >= 0.3 is 5.97 Å². The summed E-state index contributed by atoms with van der Waals surface area (Å²) in [5, 5.41) is 0. The Morgan fingerprint density at radius 1 is 1.38 bits per heavy atom. The molecule has 1 aromatic carbocycles. The Morgan fingerprint density at radius 3 is 2.75 bits per heavy atom. The predicted molar refractivity (Wildman–Crippen MR) is 101 cm³/mol. The first-order chi connectivity index (χ1) is 11.5. The molecule has 0 aliphatic carbocycles. The highest BCUT2D eigenvalue weighted by molar-refractivity contribution is 14.1. The summed E-state index contributed by atoms with van der Waals surface area (Å²) in [4.78, 5) is 26.5. The number of hydrogen-bond acceptors (Lipinski definition) is 4. The van der Waals surface area contributed by atoms with Crippen molar-refractivity contribution in [3.05, 3.63) is 33.4 Å². The fourth-order valence-corrected chi connectivity index (χ4v) is 3.22. The van der Waals surface area contributed by atoms with Crippen LogP contribution in [0.1, 0.15) is 38.2 Å². The van der Waals surface area contributed by atoms with Gasteiger partial charge in [0.15, 0.2) is 0 Å². The maximum Gasteiger partial charge on any atom is 0.328 e. The van der Waals surface area contributed by atoms with E-state index in [9.17, 15) is 9.59 Å². The Balaban J connectivity index is 1.93. The van der Waals surface area contributed by atoms with Gasteiger partial charge in [-0.3, -0.25) is 4.79 Å². The summed E-state index contributed by atoms with van der Waals surface area (Å²) in [6.45, 7) is 3.04. The normalized spacial score (nSPS) is 18.5. The SMILES string of the molecule is CCCCOC(=O)C1CCCN1C(=O)[C@@H](N)Cc1ccc(I)cc1. The molecule has 2 N–H and O–H groups in total. The van der Waals surface area contributed by atoms with Crippen LogP contribution in [0.5, 0.6) is 0 Å². The number of carbonyl (C=O) groups is 2. The van der Waals surface area contributed by atoms with Crippen LogP contribution in [0.4, 0.5) is 0 Å². The van der Waals surface area contributed by atoms with E-state index >= 15 is 0 Å². The van der Waals surface area contributed by atoms with Crippen LogP contribution in [-0.4, -0.2) is 42.0 Å². The summed E-state index contributed by atoms with van der Waals surface area (Å²) in [6.07, 6.45) is 3.77. The quantitative estimate of drug-likeness (QED) is 0.399. The molecule has 0 bridgehead atoms. The van der Waals surface area contributed by atoms with Crippen molar-refractivity contribution < 1.29 is 14.3 Å². The van der Waals surface area contributed by atoms with E-state index in [1.54, 1.807) is 4.90 Å². The van der Waals surface area contributed by atoms with Gasteiger partial charge in [-0.25, -0.2) is 4.79 Å². The fourth-order valence-electron chi connectivity index (χ4n) is 2.86. The van der Waals surface area contributed by atoms with Gasteiger partial charge in [-0.1, -0.05) is 25.5 Å². The molecular weight excluding hydrogens is 419 g/mol. The lowest BCUT2D eigenvalue weighted by Gasteiger charge is -2.26. The van der Waals surface area contributed by atoms with Gasteiger partial charge in [0.2, 0.25) is 5.91 Å². The van der Waals surface area contributed by atoms with E-state index in [1.807, 2.05) is 31.2 Å². The van der Waals surface area contributed by atoms with Gasteiger partial charge in [0, 0.05) is 10.1 Å². The molecule has 1 amide bonds. The van der Waals surface area contributed by atoms with Gasteiger partial charge in [-0.15, -0.1) is 0 Å². The van der Waals surface area contributed by atoms with Crippen molar-refractivity contribution in [2.75, 3.05) is 13.2 Å². The average molecular weight is 444 g/mol. The highest BCUT2D eigenvalue weighted by Gasteiger charge is 2.37. The summed E-state index contributed by atoms with van der Waals surface area (Å²) in [6, 6.07) is 6.85. The van der Waals surface area contributed by atoms with Crippen LogP contribution in [0.15, 0.2) is 24.3 Å². The second-order valence-electron chi connectivity index (χ2n) is 6.15. The molecule has 0 radical (unpaired) electrons. The lowest BCUT2D eigenvalue weighted by molar-refractivity contribution is -0.153. The molecule has 1 aromatic rings. The fraction of sp³-hybridized carbons (Fsp3) is 0.556. The summed E-state index contributed by atoms with van der Waals surface area (Å²) in [5.41, 5.74) is 7.13. The third-order valence-corrected chi connectivity index (χ3v) is 4.96. The Morgan fingerprint density at radius 2 is 2.08 bits per heavy atom. The number of halogens is 1. The van der Waals surface area contributed by atoms with Gasteiger partial charge < -0.3 is 15.4 Å².